The van der Waals surface area contributed by atoms with Crippen molar-refractivity contribution in [2.45, 2.75) is 19.6 Å². The zero-order valence-corrected chi connectivity index (χ0v) is 14.4. The lowest BCUT2D eigenvalue weighted by molar-refractivity contribution is -0.0334. The van der Waals surface area contributed by atoms with Crippen LogP contribution < -0.4 is 0 Å². The number of nitrogens with zero attached hydrogens (tertiary/aromatic N) is 4. The molecule has 1 aliphatic rings. The van der Waals surface area contributed by atoms with E-state index in [1.54, 1.807) is 11.3 Å². The molecule has 1 unspecified atom stereocenters. The molecule has 3 heterocycles. The molecule has 1 atom stereocenters. The summed E-state index contributed by atoms with van der Waals surface area (Å²) in [6.45, 7) is 5.40. The van der Waals surface area contributed by atoms with Gasteiger partial charge in [0.1, 0.15) is 11.1 Å². The Bertz CT molecular complexity index is 798. The molecular formula is C18H20N4OS. The number of morpholine rings is 1. The first-order valence-corrected chi connectivity index (χ1v) is 9.02. The fraction of sp³-hybridized carbons (Fsp3) is 0.333. The smallest absolute Gasteiger partial charge is 0.123 e. The number of thiazole rings is 1. The summed E-state index contributed by atoms with van der Waals surface area (Å²) in [5.74, 6) is 0. The number of rotatable bonds is 4. The normalized spacial score (nSPS) is 18.8. The van der Waals surface area contributed by atoms with E-state index in [9.17, 15) is 0 Å². The van der Waals surface area contributed by atoms with Crippen molar-refractivity contribution in [2.24, 2.45) is 0 Å². The van der Waals surface area contributed by atoms with Gasteiger partial charge in [0.15, 0.2) is 0 Å². The monoisotopic (exact) mass is 340 g/mol. The first-order valence-electron chi connectivity index (χ1n) is 8.14. The van der Waals surface area contributed by atoms with Gasteiger partial charge in [0.2, 0.25) is 0 Å². The second kappa shape index (κ2) is 6.84. The Kier molecular flexibility index (Phi) is 4.42. The Labute approximate surface area is 145 Å². The predicted octanol–water partition coefficient (Wildman–Crippen LogP) is 3.21. The lowest BCUT2D eigenvalue weighted by atomic mass is 10.2. The van der Waals surface area contributed by atoms with Crippen molar-refractivity contribution >= 4 is 11.3 Å². The van der Waals surface area contributed by atoms with Gasteiger partial charge in [0.05, 0.1) is 18.0 Å². The maximum atomic E-state index is 5.90. The Morgan fingerprint density at radius 3 is 2.92 bits per heavy atom. The Hall–Kier alpha value is -2.02. The van der Waals surface area contributed by atoms with Gasteiger partial charge >= 0.3 is 0 Å². The number of ether oxygens (including phenoxy) is 1. The average Bonchev–Trinajstić information content (AvgIpc) is 3.25. The maximum Gasteiger partial charge on any atom is 0.123 e. The van der Waals surface area contributed by atoms with Crippen LogP contribution in [0.15, 0.2) is 48.0 Å². The van der Waals surface area contributed by atoms with E-state index in [0.29, 0.717) is 0 Å². The highest BCUT2D eigenvalue weighted by Crippen LogP contribution is 2.25. The fourth-order valence-corrected chi connectivity index (χ4v) is 3.75. The van der Waals surface area contributed by atoms with Crippen molar-refractivity contribution < 1.29 is 4.74 Å². The van der Waals surface area contributed by atoms with Gasteiger partial charge in [-0.15, -0.1) is 11.3 Å². The molecule has 4 rings (SSSR count). The van der Waals surface area contributed by atoms with E-state index in [2.05, 4.69) is 33.5 Å². The summed E-state index contributed by atoms with van der Waals surface area (Å²) in [7, 11) is 0. The maximum absolute atomic E-state index is 5.90. The molecule has 5 nitrogen and oxygen atoms in total. The van der Waals surface area contributed by atoms with E-state index in [0.717, 1.165) is 48.3 Å². The molecule has 3 aromatic rings. The number of para-hydroxylation sites is 1. The second-order valence-electron chi connectivity index (χ2n) is 6.01. The summed E-state index contributed by atoms with van der Waals surface area (Å²) < 4.78 is 7.83. The molecule has 24 heavy (non-hydrogen) atoms. The standard InChI is InChI=1S/C18H20N4OS/c1-14-13-24-18(19-14)17-12-21(9-10-23-17)11-15-7-8-22(20-15)16-5-3-2-4-6-16/h2-8,13,17H,9-12H2,1H3. The zero-order chi connectivity index (χ0) is 16.4. The van der Waals surface area contributed by atoms with Gasteiger partial charge in [-0.3, -0.25) is 4.90 Å². The van der Waals surface area contributed by atoms with E-state index >= 15 is 0 Å². The van der Waals surface area contributed by atoms with Crippen LogP contribution in [-0.2, 0) is 11.3 Å². The van der Waals surface area contributed by atoms with Crippen LogP contribution >= 0.6 is 11.3 Å². The number of benzene rings is 1. The van der Waals surface area contributed by atoms with Crippen molar-refractivity contribution in [3.05, 3.63) is 64.4 Å². The number of aromatic nitrogens is 3. The highest BCUT2D eigenvalue weighted by Gasteiger charge is 2.24. The SMILES string of the molecule is Cc1csc(C2CN(Cc3ccn(-c4ccccc4)n3)CCO2)n1. The zero-order valence-electron chi connectivity index (χ0n) is 13.6. The Morgan fingerprint density at radius 1 is 1.25 bits per heavy atom. The summed E-state index contributed by atoms with van der Waals surface area (Å²) in [6.07, 6.45) is 2.10. The average molecular weight is 340 g/mol. The van der Waals surface area contributed by atoms with Crippen LogP contribution in [0.2, 0.25) is 0 Å². The van der Waals surface area contributed by atoms with Gasteiger partial charge in [-0.1, -0.05) is 18.2 Å². The summed E-state index contributed by atoms with van der Waals surface area (Å²) in [6, 6.07) is 12.3. The van der Waals surface area contributed by atoms with Gasteiger partial charge in [-0.2, -0.15) is 5.10 Å². The van der Waals surface area contributed by atoms with Gasteiger partial charge in [0.25, 0.3) is 0 Å². The minimum absolute atomic E-state index is 0.0775. The van der Waals surface area contributed by atoms with Crippen molar-refractivity contribution in [2.75, 3.05) is 19.7 Å². The topological polar surface area (TPSA) is 43.2 Å². The number of aryl methyl sites for hydroxylation is 1. The lowest BCUT2D eigenvalue weighted by Gasteiger charge is -2.31. The number of hydrogen-bond acceptors (Lipinski definition) is 5. The molecule has 2 aromatic heterocycles. The summed E-state index contributed by atoms with van der Waals surface area (Å²) in [5.41, 5.74) is 3.23. The first-order chi connectivity index (χ1) is 11.8. The molecule has 0 aliphatic carbocycles. The molecule has 0 N–H and O–H groups in total. The molecule has 0 amide bonds. The molecule has 0 spiro atoms. The van der Waals surface area contributed by atoms with Gasteiger partial charge in [-0.05, 0) is 25.1 Å². The van der Waals surface area contributed by atoms with Crippen LogP contribution in [0, 0.1) is 6.92 Å². The quantitative estimate of drug-likeness (QED) is 0.731. The highest BCUT2D eigenvalue weighted by molar-refractivity contribution is 7.09. The van der Waals surface area contributed by atoms with Crippen LogP contribution in [-0.4, -0.2) is 39.4 Å². The van der Waals surface area contributed by atoms with E-state index in [4.69, 9.17) is 9.84 Å². The van der Waals surface area contributed by atoms with Crippen molar-refractivity contribution in [1.82, 2.24) is 19.7 Å². The third-order valence-electron chi connectivity index (χ3n) is 4.11. The van der Waals surface area contributed by atoms with E-state index in [1.807, 2.05) is 36.0 Å². The molecular weight excluding hydrogens is 320 g/mol. The molecule has 6 heteroatoms. The van der Waals surface area contributed by atoms with Crippen LogP contribution in [0.25, 0.3) is 5.69 Å². The van der Waals surface area contributed by atoms with Gasteiger partial charge < -0.3 is 4.74 Å². The van der Waals surface area contributed by atoms with E-state index in [1.165, 1.54) is 0 Å². The third kappa shape index (κ3) is 3.40. The minimum atomic E-state index is 0.0775. The van der Waals surface area contributed by atoms with Crippen LogP contribution in [0.3, 0.4) is 0 Å². The molecule has 0 radical (unpaired) electrons. The minimum Gasteiger partial charge on any atom is -0.368 e. The lowest BCUT2D eigenvalue weighted by Crippen LogP contribution is -2.37. The van der Waals surface area contributed by atoms with Gasteiger partial charge in [0, 0.05) is 36.9 Å². The van der Waals surface area contributed by atoms with Crippen LogP contribution in [0.1, 0.15) is 22.5 Å². The summed E-state index contributed by atoms with van der Waals surface area (Å²) in [4.78, 5) is 6.96. The number of hydrogen-bond donors (Lipinski definition) is 0. The fourth-order valence-electron chi connectivity index (χ4n) is 2.92. The molecule has 124 valence electrons. The van der Waals surface area contributed by atoms with Crippen molar-refractivity contribution in [1.29, 1.82) is 0 Å². The molecule has 1 aliphatic heterocycles. The van der Waals surface area contributed by atoms with Crippen molar-refractivity contribution in [3.8, 4) is 5.69 Å². The van der Waals surface area contributed by atoms with E-state index in [-0.39, 0.29) is 6.10 Å². The van der Waals surface area contributed by atoms with E-state index < -0.39 is 0 Å². The highest BCUT2D eigenvalue weighted by atomic mass is 32.1. The molecule has 0 bridgehead atoms. The first kappa shape index (κ1) is 15.5. The third-order valence-corrected chi connectivity index (χ3v) is 5.17. The van der Waals surface area contributed by atoms with Crippen LogP contribution in [0.5, 0.6) is 0 Å². The molecule has 1 aromatic carbocycles. The predicted molar refractivity (Wildman–Crippen MR) is 94.4 cm³/mol. The van der Waals surface area contributed by atoms with Crippen LogP contribution in [0.4, 0.5) is 0 Å². The summed E-state index contributed by atoms with van der Waals surface area (Å²) in [5, 5.41) is 7.86. The second-order valence-corrected chi connectivity index (χ2v) is 6.90. The Balaban J connectivity index is 1.43. The van der Waals surface area contributed by atoms with Crippen molar-refractivity contribution in [3.63, 3.8) is 0 Å². The largest absolute Gasteiger partial charge is 0.368 e. The summed E-state index contributed by atoms with van der Waals surface area (Å²) >= 11 is 1.68. The Morgan fingerprint density at radius 2 is 2.12 bits per heavy atom. The molecule has 0 saturated carbocycles. The molecule has 1 saturated heterocycles. The molecule has 1 fully saturated rings. The van der Waals surface area contributed by atoms with Gasteiger partial charge in [-0.25, -0.2) is 9.67 Å².